The van der Waals surface area contributed by atoms with Gasteiger partial charge in [0, 0.05) is 27.8 Å². The number of nitrogens with zero attached hydrogens (tertiary/aromatic N) is 6. The van der Waals surface area contributed by atoms with Crippen molar-refractivity contribution < 1.29 is 0 Å². The van der Waals surface area contributed by atoms with E-state index < -0.39 is 0 Å². The lowest BCUT2D eigenvalue weighted by Crippen LogP contribution is -1.98. The van der Waals surface area contributed by atoms with Crippen LogP contribution in [0.15, 0.2) is 59.7 Å². The summed E-state index contributed by atoms with van der Waals surface area (Å²) in [6.45, 7) is 0. The molecule has 1 aromatic heterocycles. The Hall–Kier alpha value is -5.04. The van der Waals surface area contributed by atoms with Gasteiger partial charge < -0.3 is 0 Å². The lowest BCUT2D eigenvalue weighted by atomic mass is 9.94. The number of aromatic nitrogens is 2. The molecule has 2 aromatic carbocycles. The number of rotatable bonds is 0. The summed E-state index contributed by atoms with van der Waals surface area (Å²) in [6.07, 6.45) is 0. The zero-order valence-corrected chi connectivity index (χ0v) is 15.3. The van der Waals surface area contributed by atoms with Gasteiger partial charge in [-0.3, -0.25) is 0 Å². The Morgan fingerprint density at radius 1 is 0.533 bits per heavy atom. The fourth-order valence-corrected chi connectivity index (χ4v) is 4.18. The molecule has 0 radical (unpaired) electrons. The van der Waals surface area contributed by atoms with Crippen molar-refractivity contribution in [2.75, 3.05) is 0 Å². The van der Waals surface area contributed by atoms with Gasteiger partial charge >= 0.3 is 0 Å². The Bertz CT molecular complexity index is 1500. The highest BCUT2D eigenvalue weighted by molar-refractivity contribution is 6.13. The van der Waals surface area contributed by atoms with Crippen LogP contribution in [-0.2, 0) is 0 Å². The zero-order valence-electron chi connectivity index (χ0n) is 15.3. The lowest BCUT2D eigenvalue weighted by molar-refractivity contribution is 1.02. The number of allylic oxidation sites excluding steroid dienone is 2. The Balaban J connectivity index is 2.02. The molecule has 0 unspecified atom stereocenters. The van der Waals surface area contributed by atoms with Gasteiger partial charge in [0.05, 0.1) is 0 Å². The molecule has 0 amide bonds. The highest BCUT2D eigenvalue weighted by Gasteiger charge is 2.38. The van der Waals surface area contributed by atoms with Gasteiger partial charge in [0.25, 0.3) is 0 Å². The summed E-state index contributed by atoms with van der Waals surface area (Å²) in [5.41, 5.74) is 6.18. The van der Waals surface area contributed by atoms with Crippen LogP contribution >= 0.6 is 0 Å². The molecule has 0 fully saturated rings. The Morgan fingerprint density at radius 3 is 1.60 bits per heavy atom. The first-order chi connectivity index (χ1) is 14.7. The molecule has 1 heterocycles. The summed E-state index contributed by atoms with van der Waals surface area (Å²) < 4.78 is 0. The number of fused-ring (bicyclic) bond motifs is 7. The molecule has 0 bridgehead atoms. The van der Waals surface area contributed by atoms with E-state index in [1.54, 1.807) is 0 Å². The van der Waals surface area contributed by atoms with E-state index in [1.807, 2.05) is 72.8 Å². The van der Waals surface area contributed by atoms with E-state index >= 15 is 0 Å². The Morgan fingerprint density at radius 2 is 1.00 bits per heavy atom. The van der Waals surface area contributed by atoms with E-state index in [0.29, 0.717) is 39.2 Å². The van der Waals surface area contributed by atoms with Crippen LogP contribution in [0.5, 0.6) is 0 Å². The van der Waals surface area contributed by atoms with E-state index in [0.717, 1.165) is 16.7 Å². The van der Waals surface area contributed by atoms with Crippen molar-refractivity contribution in [1.29, 1.82) is 21.0 Å². The van der Waals surface area contributed by atoms with Crippen LogP contribution in [-0.4, -0.2) is 10.2 Å². The number of hydrogen-bond acceptors (Lipinski definition) is 6. The van der Waals surface area contributed by atoms with Crippen LogP contribution in [0, 0.1) is 45.3 Å². The number of hydrogen-bond donors (Lipinski definition) is 0. The maximum atomic E-state index is 9.64. The molecule has 0 saturated heterocycles. The average Bonchev–Trinajstić information content (AvgIpc) is 3.30. The predicted molar refractivity (Wildman–Crippen MR) is 107 cm³/mol. The second kappa shape index (κ2) is 6.25. The molecule has 2 aliphatic carbocycles. The first-order valence-electron chi connectivity index (χ1n) is 8.95. The molecular weight excluding hydrogens is 372 g/mol. The van der Waals surface area contributed by atoms with Crippen LogP contribution in [0.3, 0.4) is 0 Å². The molecule has 0 spiro atoms. The Kier molecular flexibility index (Phi) is 3.56. The van der Waals surface area contributed by atoms with Gasteiger partial charge in [0.15, 0.2) is 0 Å². The van der Waals surface area contributed by atoms with Crippen LogP contribution in [0.25, 0.3) is 33.5 Å². The molecule has 0 aliphatic heterocycles. The number of benzene rings is 2. The van der Waals surface area contributed by atoms with Crippen LogP contribution < -0.4 is 0 Å². The third-order valence-electron chi connectivity index (χ3n) is 5.32. The van der Waals surface area contributed by atoms with Crippen molar-refractivity contribution >= 4 is 11.1 Å². The first kappa shape index (κ1) is 17.1. The second-order valence-corrected chi connectivity index (χ2v) is 6.69. The topological polar surface area (TPSA) is 121 Å². The monoisotopic (exact) mass is 380 g/mol. The average molecular weight is 380 g/mol. The Labute approximate surface area is 171 Å². The third-order valence-corrected chi connectivity index (χ3v) is 5.32. The lowest BCUT2D eigenvalue weighted by Gasteiger charge is -2.09. The maximum Gasteiger partial charge on any atom is 0.139 e. The van der Waals surface area contributed by atoms with E-state index in [1.165, 1.54) is 0 Å². The summed E-state index contributed by atoms with van der Waals surface area (Å²) in [4.78, 5) is 0. The summed E-state index contributed by atoms with van der Waals surface area (Å²) in [5, 5.41) is 47.1. The first-order valence-corrected chi connectivity index (χ1v) is 8.95. The molecule has 6 nitrogen and oxygen atoms in total. The smallest absolute Gasteiger partial charge is 0.139 e. The van der Waals surface area contributed by atoms with E-state index in [2.05, 4.69) is 10.2 Å². The fourth-order valence-electron chi connectivity index (χ4n) is 4.18. The van der Waals surface area contributed by atoms with Crippen LogP contribution in [0.4, 0.5) is 0 Å². The molecule has 0 atom stereocenters. The van der Waals surface area contributed by atoms with Gasteiger partial charge in [-0.2, -0.15) is 21.0 Å². The van der Waals surface area contributed by atoms with E-state index in [-0.39, 0.29) is 11.1 Å². The highest BCUT2D eigenvalue weighted by atomic mass is 15.1. The molecule has 0 saturated carbocycles. The highest BCUT2D eigenvalue weighted by Crippen LogP contribution is 2.54. The van der Waals surface area contributed by atoms with E-state index in [9.17, 15) is 21.0 Å². The van der Waals surface area contributed by atoms with Crippen molar-refractivity contribution in [2.45, 2.75) is 0 Å². The van der Waals surface area contributed by atoms with Crippen LogP contribution in [0.2, 0.25) is 0 Å². The molecule has 6 heteroatoms. The molecule has 30 heavy (non-hydrogen) atoms. The quantitative estimate of drug-likeness (QED) is 0.372. The standard InChI is InChI=1S/C24H8N6/c25-9-13(10-26)19-17-7-3-4-8-18(17)23-22(19)21-16-6-2-1-5-15(16)20(14(11-27)12-28)24(21)30-29-23/h1-8H. The van der Waals surface area contributed by atoms with Crippen molar-refractivity contribution in [3.8, 4) is 46.7 Å². The number of nitriles is 4. The van der Waals surface area contributed by atoms with Crippen molar-refractivity contribution in [2.24, 2.45) is 0 Å². The summed E-state index contributed by atoms with van der Waals surface area (Å²) in [5.74, 6) is 0. The largest absolute Gasteiger partial charge is 0.192 e. The van der Waals surface area contributed by atoms with Gasteiger partial charge in [-0.1, -0.05) is 48.5 Å². The summed E-state index contributed by atoms with van der Waals surface area (Å²) >= 11 is 0. The molecule has 134 valence electrons. The van der Waals surface area contributed by atoms with Gasteiger partial charge in [-0.25, -0.2) is 0 Å². The molecule has 5 rings (SSSR count). The van der Waals surface area contributed by atoms with E-state index in [4.69, 9.17) is 0 Å². The normalized spacial score (nSPS) is 11.7. The van der Waals surface area contributed by atoms with Gasteiger partial charge in [-0.15, -0.1) is 10.2 Å². The third kappa shape index (κ3) is 2.02. The van der Waals surface area contributed by atoms with Crippen molar-refractivity contribution in [3.05, 3.63) is 82.1 Å². The fraction of sp³-hybridized carbons (Fsp3) is 0. The van der Waals surface area contributed by atoms with Gasteiger partial charge in [0.2, 0.25) is 0 Å². The summed E-state index contributed by atoms with van der Waals surface area (Å²) in [6, 6.07) is 22.7. The van der Waals surface area contributed by atoms with Gasteiger partial charge in [0.1, 0.15) is 46.8 Å². The van der Waals surface area contributed by atoms with Gasteiger partial charge in [-0.05, 0) is 16.7 Å². The SMILES string of the molecule is N#CC(C#N)=C1c2ccccc2-c2c1nnc1c2C(=C(C#N)C#N)c2ccccc2-1. The second-order valence-electron chi connectivity index (χ2n) is 6.69. The maximum absolute atomic E-state index is 9.64. The molecular formula is C24H8N6. The molecule has 3 aromatic rings. The van der Waals surface area contributed by atoms with Crippen molar-refractivity contribution in [3.63, 3.8) is 0 Å². The summed E-state index contributed by atoms with van der Waals surface area (Å²) in [7, 11) is 0. The minimum Gasteiger partial charge on any atom is -0.192 e. The minimum absolute atomic E-state index is 0.0212. The molecule has 2 aliphatic rings. The van der Waals surface area contributed by atoms with Crippen LogP contribution in [0.1, 0.15) is 22.4 Å². The van der Waals surface area contributed by atoms with Crippen molar-refractivity contribution in [1.82, 2.24) is 10.2 Å². The predicted octanol–water partition coefficient (Wildman–Crippen LogP) is 4.14. The molecule has 0 N–H and O–H groups in total. The minimum atomic E-state index is -0.0581. The zero-order chi connectivity index (χ0) is 20.8.